The van der Waals surface area contributed by atoms with Gasteiger partial charge in [0.25, 0.3) is 11.7 Å². The molecule has 9 nitrogen and oxygen atoms in total. The summed E-state index contributed by atoms with van der Waals surface area (Å²) < 4.78 is 13.0. The Labute approximate surface area is 234 Å². The summed E-state index contributed by atoms with van der Waals surface area (Å²) in [6, 6.07) is 16.3. The maximum absolute atomic E-state index is 13.5. The van der Waals surface area contributed by atoms with Crippen LogP contribution >= 0.6 is 0 Å². The van der Waals surface area contributed by atoms with Crippen molar-refractivity contribution >= 4 is 17.4 Å². The monoisotopic (exact) mass is 544 g/mol. The van der Waals surface area contributed by atoms with E-state index in [1.807, 2.05) is 68.4 Å². The van der Waals surface area contributed by atoms with Crippen molar-refractivity contribution in [2.75, 3.05) is 46.0 Å². The van der Waals surface area contributed by atoms with Gasteiger partial charge in [-0.3, -0.25) is 14.5 Å². The van der Waals surface area contributed by atoms with E-state index >= 15 is 0 Å². The second kappa shape index (κ2) is 12.5. The number of Topliss-reactive ketones (excluding diaryl/α,β-unsaturated/α-hetero) is 1. The summed E-state index contributed by atoms with van der Waals surface area (Å²) in [7, 11) is 0. The Kier molecular flexibility index (Phi) is 8.62. The molecule has 2 saturated heterocycles. The topological polar surface area (TPSA) is 97.1 Å². The molecule has 2 aromatic carbocycles. The van der Waals surface area contributed by atoms with Crippen molar-refractivity contribution < 1.29 is 24.2 Å². The van der Waals surface area contributed by atoms with Crippen LogP contribution in [0.3, 0.4) is 0 Å². The zero-order valence-corrected chi connectivity index (χ0v) is 23.1. The van der Waals surface area contributed by atoms with E-state index in [1.165, 1.54) is 0 Å². The first kappa shape index (κ1) is 27.6. The predicted molar refractivity (Wildman–Crippen MR) is 151 cm³/mol. The van der Waals surface area contributed by atoms with Crippen LogP contribution in [-0.4, -0.2) is 82.4 Å². The number of aliphatic hydroxyl groups excluding tert-OH is 1. The average Bonchev–Trinajstić information content (AvgIpc) is 3.49. The Hall–Kier alpha value is -3.95. The third kappa shape index (κ3) is 5.66. The van der Waals surface area contributed by atoms with Gasteiger partial charge in [0.1, 0.15) is 11.5 Å². The Morgan fingerprint density at radius 3 is 2.60 bits per heavy atom. The summed E-state index contributed by atoms with van der Waals surface area (Å²) in [6.07, 6.45) is 3.09. The van der Waals surface area contributed by atoms with E-state index < -0.39 is 17.7 Å². The van der Waals surface area contributed by atoms with Crippen LogP contribution in [0.1, 0.15) is 42.6 Å². The molecule has 1 aromatic heterocycles. The van der Waals surface area contributed by atoms with Gasteiger partial charge in [-0.15, -0.1) is 0 Å². The fourth-order valence-corrected chi connectivity index (χ4v) is 5.36. The second-order valence-corrected chi connectivity index (χ2v) is 10.1. The Balaban J connectivity index is 1.52. The summed E-state index contributed by atoms with van der Waals surface area (Å²) in [6.45, 7) is 8.70. The van der Waals surface area contributed by atoms with Crippen molar-refractivity contribution in [2.24, 2.45) is 0 Å². The minimum absolute atomic E-state index is 0.0692. The normalized spacial score (nSPS) is 19.4. The van der Waals surface area contributed by atoms with Gasteiger partial charge in [-0.1, -0.05) is 37.3 Å². The third-order valence-electron chi connectivity index (χ3n) is 7.43. The quantitative estimate of drug-likeness (QED) is 0.233. The molecular weight excluding hydrogens is 508 g/mol. The lowest BCUT2D eigenvalue weighted by atomic mass is 9.95. The molecule has 210 valence electrons. The molecule has 0 radical (unpaired) electrons. The SMILES string of the molecule is CCCOc1cccc(C2C(=C(O)c3cnn(-c4ccccc4)c3C)C(=O)C(=O)N2CCCN2CCOCC2)c1. The lowest BCUT2D eigenvalue weighted by Crippen LogP contribution is -2.38. The molecule has 3 heterocycles. The number of para-hydroxylation sites is 1. The lowest BCUT2D eigenvalue weighted by molar-refractivity contribution is -0.140. The van der Waals surface area contributed by atoms with E-state index in [2.05, 4.69) is 10.00 Å². The van der Waals surface area contributed by atoms with Gasteiger partial charge >= 0.3 is 0 Å². The van der Waals surface area contributed by atoms with Gasteiger partial charge in [0, 0.05) is 26.2 Å². The van der Waals surface area contributed by atoms with E-state index in [1.54, 1.807) is 15.8 Å². The van der Waals surface area contributed by atoms with E-state index in [-0.39, 0.29) is 11.3 Å². The highest BCUT2D eigenvalue weighted by molar-refractivity contribution is 6.46. The molecule has 2 aliphatic heterocycles. The molecule has 1 N–H and O–H groups in total. The predicted octanol–water partition coefficient (Wildman–Crippen LogP) is 4.11. The summed E-state index contributed by atoms with van der Waals surface area (Å²) >= 11 is 0. The zero-order valence-electron chi connectivity index (χ0n) is 23.1. The van der Waals surface area contributed by atoms with E-state index in [9.17, 15) is 14.7 Å². The molecule has 0 saturated carbocycles. The number of benzene rings is 2. The van der Waals surface area contributed by atoms with Crippen LogP contribution in [0.4, 0.5) is 0 Å². The van der Waals surface area contributed by atoms with Crippen LogP contribution in [0.25, 0.3) is 11.4 Å². The first-order valence-electron chi connectivity index (χ1n) is 13.9. The molecule has 2 aliphatic rings. The molecule has 1 unspecified atom stereocenters. The zero-order chi connectivity index (χ0) is 28.1. The highest BCUT2D eigenvalue weighted by Gasteiger charge is 2.46. The van der Waals surface area contributed by atoms with Gasteiger partial charge in [0.15, 0.2) is 0 Å². The van der Waals surface area contributed by atoms with E-state index in [0.29, 0.717) is 55.4 Å². The van der Waals surface area contributed by atoms with Crippen LogP contribution in [0.5, 0.6) is 5.75 Å². The van der Waals surface area contributed by atoms with Gasteiger partial charge < -0.3 is 19.5 Å². The fourth-order valence-electron chi connectivity index (χ4n) is 5.36. The third-order valence-corrected chi connectivity index (χ3v) is 7.43. The summed E-state index contributed by atoms with van der Waals surface area (Å²) in [4.78, 5) is 30.8. The highest BCUT2D eigenvalue weighted by atomic mass is 16.5. The van der Waals surface area contributed by atoms with Gasteiger partial charge in [-0.05, 0) is 49.6 Å². The summed E-state index contributed by atoms with van der Waals surface area (Å²) in [5.74, 6) is -0.868. The number of carbonyl (C=O) groups is 2. The molecule has 1 atom stereocenters. The Morgan fingerprint density at radius 1 is 1.07 bits per heavy atom. The first-order valence-corrected chi connectivity index (χ1v) is 13.9. The lowest BCUT2D eigenvalue weighted by Gasteiger charge is -2.29. The van der Waals surface area contributed by atoms with Gasteiger partial charge in [-0.2, -0.15) is 5.10 Å². The minimum Gasteiger partial charge on any atom is -0.507 e. The van der Waals surface area contributed by atoms with Gasteiger partial charge in [0.2, 0.25) is 0 Å². The fraction of sp³-hybridized carbons (Fsp3) is 0.387. The smallest absolute Gasteiger partial charge is 0.295 e. The number of aromatic nitrogens is 2. The Bertz CT molecular complexity index is 1380. The molecule has 40 heavy (non-hydrogen) atoms. The van der Waals surface area contributed by atoms with Crippen molar-refractivity contribution in [1.29, 1.82) is 0 Å². The molecule has 0 aliphatic carbocycles. The number of amides is 1. The minimum atomic E-state index is -0.741. The number of carbonyl (C=O) groups excluding carboxylic acids is 2. The number of likely N-dealkylation sites (tertiary alicyclic amines) is 1. The molecule has 0 bridgehead atoms. The summed E-state index contributed by atoms with van der Waals surface area (Å²) in [5, 5.41) is 16.1. The number of hydrogen-bond acceptors (Lipinski definition) is 7. The molecular formula is C31H36N4O5. The molecule has 5 rings (SSSR count). The molecule has 2 fully saturated rings. The van der Waals surface area contributed by atoms with Crippen molar-refractivity contribution in [2.45, 2.75) is 32.7 Å². The number of ether oxygens (including phenoxy) is 2. The number of hydrogen-bond donors (Lipinski definition) is 1. The van der Waals surface area contributed by atoms with Crippen LogP contribution < -0.4 is 4.74 Å². The van der Waals surface area contributed by atoms with E-state index in [0.717, 1.165) is 31.7 Å². The largest absolute Gasteiger partial charge is 0.507 e. The highest BCUT2D eigenvalue weighted by Crippen LogP contribution is 2.41. The van der Waals surface area contributed by atoms with Crippen molar-refractivity contribution in [1.82, 2.24) is 19.6 Å². The Morgan fingerprint density at radius 2 is 1.85 bits per heavy atom. The second-order valence-electron chi connectivity index (χ2n) is 10.1. The van der Waals surface area contributed by atoms with E-state index in [4.69, 9.17) is 9.47 Å². The maximum Gasteiger partial charge on any atom is 0.295 e. The summed E-state index contributed by atoms with van der Waals surface area (Å²) in [5.41, 5.74) is 2.70. The number of nitrogens with zero attached hydrogens (tertiary/aromatic N) is 4. The van der Waals surface area contributed by atoms with Crippen LogP contribution in [0.15, 0.2) is 66.4 Å². The molecule has 0 spiro atoms. The van der Waals surface area contributed by atoms with Crippen molar-refractivity contribution in [3.05, 3.63) is 83.2 Å². The van der Waals surface area contributed by atoms with Crippen LogP contribution in [-0.2, 0) is 14.3 Å². The standard InChI is InChI=1S/C31H36N4O5/c1-3-17-40-25-12-7-9-23(20-25)28-27(29(36)26-21-32-35(22(26)2)24-10-5-4-6-11-24)30(37)31(38)34(28)14-8-13-33-15-18-39-19-16-33/h4-7,9-12,20-21,28,36H,3,8,13-19H2,1-2H3. The number of ketones is 1. The maximum atomic E-state index is 13.5. The number of morpholine rings is 1. The molecule has 9 heteroatoms. The number of aliphatic hydroxyl groups is 1. The first-order chi connectivity index (χ1) is 19.5. The van der Waals surface area contributed by atoms with Gasteiger partial charge in [0.05, 0.1) is 54.6 Å². The van der Waals surface area contributed by atoms with Gasteiger partial charge in [-0.25, -0.2) is 4.68 Å². The van der Waals surface area contributed by atoms with Crippen molar-refractivity contribution in [3.63, 3.8) is 0 Å². The van der Waals surface area contributed by atoms with Crippen molar-refractivity contribution in [3.8, 4) is 11.4 Å². The average molecular weight is 545 g/mol. The molecule has 3 aromatic rings. The molecule has 1 amide bonds. The van der Waals surface area contributed by atoms with Crippen LogP contribution in [0, 0.1) is 6.92 Å². The number of rotatable bonds is 10. The van der Waals surface area contributed by atoms with Crippen LogP contribution in [0.2, 0.25) is 0 Å².